The van der Waals surface area contributed by atoms with E-state index in [9.17, 15) is 9.59 Å². The second kappa shape index (κ2) is 30.0. The van der Waals surface area contributed by atoms with Crippen LogP contribution in [-0.2, 0) is 19.1 Å². The molecule has 0 aliphatic heterocycles. The summed E-state index contributed by atoms with van der Waals surface area (Å²) in [7, 11) is 0. The number of hydrogen-bond donors (Lipinski definition) is 0. The number of unbranched alkanes of at least 4 members (excludes halogenated alkanes) is 15. The van der Waals surface area contributed by atoms with Gasteiger partial charge in [0.25, 0.3) is 0 Å². The van der Waals surface area contributed by atoms with Crippen LogP contribution < -0.4 is 0 Å². The molecule has 4 nitrogen and oxygen atoms in total. The Balaban J connectivity index is 4.49. The summed E-state index contributed by atoms with van der Waals surface area (Å²) in [6.45, 7) is 11.8. The van der Waals surface area contributed by atoms with Crippen molar-refractivity contribution in [2.75, 3.05) is 6.61 Å². The number of rotatable bonds is 32. The molecule has 0 saturated carbocycles. The number of carbonyl (C=O) groups is 2. The average Bonchev–Trinajstić information content (AvgIpc) is 2.98. The van der Waals surface area contributed by atoms with Gasteiger partial charge >= 0.3 is 11.9 Å². The minimum absolute atomic E-state index is 0.00276. The predicted octanol–water partition coefficient (Wildman–Crippen LogP) is 12.5. The highest BCUT2D eigenvalue weighted by Crippen LogP contribution is 2.38. The largest absolute Gasteiger partial charge is 0.465 e. The molecule has 0 spiro atoms. The van der Waals surface area contributed by atoms with Crippen LogP contribution in [0, 0.1) is 5.41 Å². The summed E-state index contributed by atoms with van der Waals surface area (Å²) in [5.74, 6) is -0.0120. The smallest absolute Gasteiger partial charge is 0.306 e. The van der Waals surface area contributed by atoms with Gasteiger partial charge in [-0.15, -0.1) is 0 Å². The Morgan fingerprint density at radius 1 is 0.476 bits per heavy atom. The molecule has 0 aromatic rings. The van der Waals surface area contributed by atoms with E-state index >= 15 is 0 Å². The molecule has 42 heavy (non-hydrogen) atoms. The van der Waals surface area contributed by atoms with Crippen molar-refractivity contribution in [1.29, 1.82) is 0 Å². The van der Waals surface area contributed by atoms with E-state index in [1.54, 1.807) is 0 Å². The summed E-state index contributed by atoms with van der Waals surface area (Å²) in [4.78, 5) is 25.0. The van der Waals surface area contributed by atoms with E-state index < -0.39 is 0 Å². The van der Waals surface area contributed by atoms with Gasteiger partial charge in [0.05, 0.1) is 6.61 Å². The highest BCUT2D eigenvalue weighted by molar-refractivity contribution is 5.69. The molecule has 0 aliphatic carbocycles. The van der Waals surface area contributed by atoms with E-state index in [2.05, 4.69) is 34.6 Å². The molecule has 1 atom stereocenters. The maximum Gasteiger partial charge on any atom is 0.306 e. The maximum absolute atomic E-state index is 12.7. The monoisotopic (exact) mass is 595 g/mol. The lowest BCUT2D eigenvalue weighted by molar-refractivity contribution is -0.150. The number of esters is 2. The Hall–Kier alpha value is -1.06. The quantitative estimate of drug-likeness (QED) is 0.0574. The first-order valence-corrected chi connectivity index (χ1v) is 18.8. The first-order valence-electron chi connectivity index (χ1n) is 18.8. The Bertz CT molecular complexity index is 575. The minimum Gasteiger partial charge on any atom is -0.465 e. The fourth-order valence-electron chi connectivity index (χ4n) is 6.12. The van der Waals surface area contributed by atoms with Crippen LogP contribution in [0.15, 0.2) is 0 Å². The lowest BCUT2D eigenvalue weighted by Gasteiger charge is -2.34. The van der Waals surface area contributed by atoms with Crippen LogP contribution in [-0.4, -0.2) is 24.6 Å². The van der Waals surface area contributed by atoms with E-state index in [0.29, 0.717) is 19.4 Å². The third kappa shape index (κ3) is 24.4. The molecule has 0 fully saturated rings. The number of ether oxygens (including phenoxy) is 2. The van der Waals surface area contributed by atoms with E-state index in [0.717, 1.165) is 64.2 Å². The summed E-state index contributed by atoms with van der Waals surface area (Å²) in [6.07, 6.45) is 31.6. The Morgan fingerprint density at radius 2 is 0.881 bits per heavy atom. The van der Waals surface area contributed by atoms with Crippen LogP contribution in [0.2, 0.25) is 0 Å². The zero-order chi connectivity index (χ0) is 31.2. The molecule has 4 heteroatoms. The molecule has 0 aromatic heterocycles. The standard InChI is InChI=1S/C38H74O4/c1-6-11-16-18-21-27-35(42-37(40)29-15-10-5)28-22-19-17-20-23-30-36(39)41-34-38(31-24-12-7-2,32-25-13-8-3)33-26-14-9-4/h35H,6-34H2,1-5H3. The fourth-order valence-corrected chi connectivity index (χ4v) is 6.12. The van der Waals surface area contributed by atoms with E-state index in [4.69, 9.17) is 9.47 Å². The molecule has 0 aliphatic rings. The Kier molecular flexibility index (Phi) is 29.2. The molecular formula is C38H74O4. The van der Waals surface area contributed by atoms with Gasteiger partial charge in [0.2, 0.25) is 0 Å². The van der Waals surface area contributed by atoms with Gasteiger partial charge in [-0.1, -0.05) is 144 Å². The molecule has 0 saturated heterocycles. The van der Waals surface area contributed by atoms with Crippen LogP contribution in [0.25, 0.3) is 0 Å². The van der Waals surface area contributed by atoms with E-state index in [1.165, 1.54) is 103 Å². The van der Waals surface area contributed by atoms with Crippen LogP contribution in [0.4, 0.5) is 0 Å². The third-order valence-corrected chi connectivity index (χ3v) is 9.04. The fraction of sp³-hybridized carbons (Fsp3) is 0.947. The van der Waals surface area contributed by atoms with Crippen molar-refractivity contribution < 1.29 is 19.1 Å². The predicted molar refractivity (Wildman–Crippen MR) is 181 cm³/mol. The molecule has 0 amide bonds. The van der Waals surface area contributed by atoms with Gasteiger partial charge in [-0.05, 0) is 57.8 Å². The lowest BCUT2D eigenvalue weighted by Crippen LogP contribution is -2.29. The van der Waals surface area contributed by atoms with Crippen molar-refractivity contribution in [2.24, 2.45) is 5.41 Å². The Labute approximate surface area is 263 Å². The van der Waals surface area contributed by atoms with Crippen LogP contribution in [0.3, 0.4) is 0 Å². The summed E-state index contributed by atoms with van der Waals surface area (Å²) < 4.78 is 11.9. The summed E-state index contributed by atoms with van der Waals surface area (Å²) in [5, 5.41) is 0. The SMILES string of the molecule is CCCCCCCC(CCCCCCCC(=O)OCC(CCCCC)(CCCCC)CCCCC)OC(=O)CCCC. The molecule has 0 N–H and O–H groups in total. The van der Waals surface area contributed by atoms with Crippen molar-refractivity contribution in [1.82, 2.24) is 0 Å². The zero-order valence-corrected chi connectivity index (χ0v) is 29.2. The molecule has 1 unspecified atom stereocenters. The second-order valence-corrected chi connectivity index (χ2v) is 13.3. The van der Waals surface area contributed by atoms with Crippen molar-refractivity contribution in [2.45, 2.75) is 221 Å². The van der Waals surface area contributed by atoms with Crippen LogP contribution in [0.1, 0.15) is 214 Å². The molecule has 0 bridgehead atoms. The molecule has 0 rings (SSSR count). The molecule has 250 valence electrons. The van der Waals surface area contributed by atoms with Gasteiger partial charge in [0.1, 0.15) is 6.10 Å². The van der Waals surface area contributed by atoms with Crippen LogP contribution >= 0.6 is 0 Å². The first-order chi connectivity index (χ1) is 20.5. The third-order valence-electron chi connectivity index (χ3n) is 9.04. The van der Waals surface area contributed by atoms with E-state index in [1.807, 2.05) is 0 Å². The van der Waals surface area contributed by atoms with Gasteiger partial charge in [-0.2, -0.15) is 0 Å². The topological polar surface area (TPSA) is 52.6 Å². The van der Waals surface area contributed by atoms with Crippen molar-refractivity contribution in [3.05, 3.63) is 0 Å². The maximum atomic E-state index is 12.7. The van der Waals surface area contributed by atoms with E-state index in [-0.39, 0.29) is 23.5 Å². The average molecular weight is 595 g/mol. The summed E-state index contributed by atoms with van der Waals surface area (Å²) in [5.41, 5.74) is 0.182. The van der Waals surface area contributed by atoms with Crippen molar-refractivity contribution in [3.8, 4) is 0 Å². The summed E-state index contributed by atoms with van der Waals surface area (Å²) in [6, 6.07) is 0. The molecule has 0 heterocycles. The molecule has 0 radical (unpaired) electrons. The summed E-state index contributed by atoms with van der Waals surface area (Å²) >= 11 is 0. The number of hydrogen-bond acceptors (Lipinski definition) is 4. The molecule has 0 aromatic carbocycles. The van der Waals surface area contributed by atoms with Gasteiger partial charge < -0.3 is 9.47 Å². The number of carbonyl (C=O) groups excluding carboxylic acids is 2. The highest BCUT2D eigenvalue weighted by atomic mass is 16.5. The van der Waals surface area contributed by atoms with Crippen molar-refractivity contribution in [3.63, 3.8) is 0 Å². The minimum atomic E-state index is -0.0148. The van der Waals surface area contributed by atoms with Crippen LogP contribution in [0.5, 0.6) is 0 Å². The van der Waals surface area contributed by atoms with Gasteiger partial charge in [-0.3, -0.25) is 9.59 Å². The van der Waals surface area contributed by atoms with Gasteiger partial charge in [-0.25, -0.2) is 0 Å². The zero-order valence-electron chi connectivity index (χ0n) is 29.2. The second-order valence-electron chi connectivity index (χ2n) is 13.3. The van der Waals surface area contributed by atoms with Gasteiger partial charge in [0, 0.05) is 18.3 Å². The molecular weight excluding hydrogens is 520 g/mol. The highest BCUT2D eigenvalue weighted by Gasteiger charge is 2.30. The van der Waals surface area contributed by atoms with Crippen molar-refractivity contribution >= 4 is 11.9 Å². The first kappa shape index (κ1) is 40.9. The van der Waals surface area contributed by atoms with Gasteiger partial charge in [0.15, 0.2) is 0 Å². The lowest BCUT2D eigenvalue weighted by atomic mass is 9.74. The normalized spacial score (nSPS) is 12.4. The Morgan fingerprint density at radius 3 is 1.38 bits per heavy atom.